The van der Waals surface area contributed by atoms with E-state index in [1.807, 2.05) is 6.07 Å². The van der Waals surface area contributed by atoms with Crippen LogP contribution in [0.1, 0.15) is 22.5 Å². The minimum Gasteiger partial charge on any atom is -0.493 e. The fourth-order valence-electron chi connectivity index (χ4n) is 3.08. The second kappa shape index (κ2) is 10.8. The minimum absolute atomic E-state index is 0.00529. The van der Waals surface area contributed by atoms with Gasteiger partial charge in [-0.3, -0.25) is 4.79 Å². The Balaban J connectivity index is 1.91. The van der Waals surface area contributed by atoms with Crippen molar-refractivity contribution in [3.8, 4) is 17.6 Å². The first kappa shape index (κ1) is 23.3. The maximum absolute atomic E-state index is 14.0. The molecule has 0 aliphatic rings. The summed E-state index contributed by atoms with van der Waals surface area (Å²) in [6.45, 7) is 5.46. The van der Waals surface area contributed by atoms with E-state index in [1.54, 1.807) is 49.4 Å². The van der Waals surface area contributed by atoms with Crippen molar-refractivity contribution in [2.45, 2.75) is 20.0 Å². The minimum atomic E-state index is -0.630. The predicted molar refractivity (Wildman–Crippen MR) is 121 cm³/mol. The van der Waals surface area contributed by atoms with Crippen LogP contribution in [0.3, 0.4) is 0 Å². The lowest BCUT2D eigenvalue weighted by Crippen LogP contribution is -2.13. The Bertz CT molecular complexity index is 1240. The Morgan fingerprint density at radius 1 is 1.30 bits per heavy atom. The topological polar surface area (TPSA) is 97.4 Å². The van der Waals surface area contributed by atoms with Crippen molar-refractivity contribution >= 4 is 17.8 Å². The number of allylic oxidation sites excluding steroid dienone is 1. The van der Waals surface area contributed by atoms with Gasteiger partial charge in [0.05, 0.1) is 7.11 Å². The molecule has 0 spiro atoms. The van der Waals surface area contributed by atoms with Crippen molar-refractivity contribution in [1.29, 1.82) is 5.26 Å². The van der Waals surface area contributed by atoms with E-state index < -0.39 is 5.91 Å². The van der Waals surface area contributed by atoms with E-state index in [1.165, 1.54) is 19.3 Å². The van der Waals surface area contributed by atoms with Gasteiger partial charge in [0.2, 0.25) is 0 Å². The van der Waals surface area contributed by atoms with E-state index >= 15 is 0 Å². The molecule has 168 valence electrons. The van der Waals surface area contributed by atoms with E-state index in [2.05, 4.69) is 17.1 Å². The number of carbonyl (C=O) groups is 1. The average molecular weight is 447 g/mol. The molecule has 1 N–H and O–H groups in total. The van der Waals surface area contributed by atoms with E-state index in [0.29, 0.717) is 40.4 Å². The van der Waals surface area contributed by atoms with Crippen LogP contribution in [0.15, 0.2) is 65.2 Å². The summed E-state index contributed by atoms with van der Waals surface area (Å²) in [5, 5.41) is 15.7. The summed E-state index contributed by atoms with van der Waals surface area (Å²) in [7, 11) is 1.47. The maximum Gasteiger partial charge on any atom is 0.267 e. The zero-order valence-corrected chi connectivity index (χ0v) is 18.2. The molecule has 0 radical (unpaired) electrons. The number of carbonyl (C=O) groups excluding carboxylic acids is 1. The molecule has 0 saturated heterocycles. The summed E-state index contributed by atoms with van der Waals surface area (Å²) < 4.78 is 30.3. The lowest BCUT2D eigenvalue weighted by Gasteiger charge is -2.16. The van der Waals surface area contributed by atoms with Crippen LogP contribution < -0.4 is 14.8 Å². The summed E-state index contributed by atoms with van der Waals surface area (Å²) >= 11 is 0. The van der Waals surface area contributed by atoms with Gasteiger partial charge in [-0.1, -0.05) is 29.4 Å². The van der Waals surface area contributed by atoms with Gasteiger partial charge in [-0.25, -0.2) is 4.39 Å². The summed E-state index contributed by atoms with van der Waals surface area (Å²) in [4.78, 5) is 12.5. The lowest BCUT2D eigenvalue weighted by molar-refractivity contribution is -0.112. The van der Waals surface area contributed by atoms with Gasteiger partial charge < -0.3 is 19.3 Å². The lowest BCUT2D eigenvalue weighted by atomic mass is 10.0. The van der Waals surface area contributed by atoms with Crippen molar-refractivity contribution < 1.29 is 23.2 Å². The number of hydrogen-bond donors (Lipinski definition) is 1. The third-order valence-electron chi connectivity index (χ3n) is 4.61. The maximum atomic E-state index is 14.0. The van der Waals surface area contributed by atoms with Crippen LogP contribution >= 0.6 is 0 Å². The highest BCUT2D eigenvalue weighted by atomic mass is 19.1. The Morgan fingerprint density at radius 2 is 2.09 bits per heavy atom. The first-order valence-electron chi connectivity index (χ1n) is 9.99. The molecular formula is C25H22FN3O4. The molecular weight excluding hydrogens is 425 g/mol. The van der Waals surface area contributed by atoms with Crippen LogP contribution in [0, 0.1) is 24.1 Å². The molecule has 2 aromatic carbocycles. The van der Waals surface area contributed by atoms with Crippen molar-refractivity contribution in [3.05, 3.63) is 89.0 Å². The number of benzene rings is 2. The zero-order chi connectivity index (χ0) is 23.8. The molecule has 0 aliphatic carbocycles. The molecule has 7 nitrogen and oxygen atoms in total. The second-order valence-electron chi connectivity index (χ2n) is 7.03. The third-order valence-corrected chi connectivity index (χ3v) is 4.61. The van der Waals surface area contributed by atoms with Gasteiger partial charge in [-0.2, -0.15) is 5.26 Å². The van der Waals surface area contributed by atoms with Gasteiger partial charge in [-0.15, -0.1) is 6.58 Å². The van der Waals surface area contributed by atoms with Gasteiger partial charge in [-0.05, 0) is 43.2 Å². The molecule has 0 bridgehead atoms. The van der Waals surface area contributed by atoms with Crippen LogP contribution in [0.5, 0.6) is 11.5 Å². The van der Waals surface area contributed by atoms with Crippen molar-refractivity contribution in [1.82, 2.24) is 5.16 Å². The standard InChI is InChI=1S/C25H22FN3O4/c1-4-7-18-11-17(12-20(14-27)25(30)28-23-10-16(2)33-29-23)13-22(31-3)24(18)32-15-19-8-5-6-9-21(19)26/h4-6,8-13H,1,7,15H2,2-3H3,(H,28,29,30). The van der Waals surface area contributed by atoms with Crippen LogP contribution in [0.25, 0.3) is 6.08 Å². The normalized spacial score (nSPS) is 10.9. The number of rotatable bonds is 9. The van der Waals surface area contributed by atoms with Crippen LogP contribution in [-0.4, -0.2) is 18.2 Å². The summed E-state index contributed by atoms with van der Waals surface area (Å²) in [6.07, 6.45) is 3.54. The average Bonchev–Trinajstić information content (AvgIpc) is 3.21. The van der Waals surface area contributed by atoms with Crippen molar-refractivity contribution in [2.75, 3.05) is 12.4 Å². The Hall–Kier alpha value is -4.38. The second-order valence-corrected chi connectivity index (χ2v) is 7.03. The molecule has 3 aromatic rings. The molecule has 0 fully saturated rings. The Kier molecular flexibility index (Phi) is 7.60. The summed E-state index contributed by atoms with van der Waals surface area (Å²) in [5.41, 5.74) is 1.52. The first-order valence-corrected chi connectivity index (χ1v) is 9.99. The molecule has 1 aromatic heterocycles. The highest BCUT2D eigenvalue weighted by Gasteiger charge is 2.16. The van der Waals surface area contributed by atoms with Gasteiger partial charge in [0.25, 0.3) is 5.91 Å². The van der Waals surface area contributed by atoms with Gasteiger partial charge >= 0.3 is 0 Å². The number of ether oxygens (including phenoxy) is 2. The molecule has 3 rings (SSSR count). The number of nitrogens with zero attached hydrogens (tertiary/aromatic N) is 2. The van der Waals surface area contributed by atoms with Gasteiger partial charge in [0, 0.05) is 17.2 Å². The number of nitrogens with one attached hydrogen (secondary N) is 1. The van der Waals surface area contributed by atoms with Crippen LogP contribution in [-0.2, 0) is 17.8 Å². The number of hydrogen-bond acceptors (Lipinski definition) is 6. The quantitative estimate of drug-likeness (QED) is 0.282. The number of amides is 1. The Morgan fingerprint density at radius 3 is 2.73 bits per heavy atom. The number of anilines is 1. The number of halogens is 1. The van der Waals surface area contributed by atoms with Gasteiger partial charge in [0.15, 0.2) is 17.3 Å². The molecule has 0 atom stereocenters. The van der Waals surface area contributed by atoms with Crippen LogP contribution in [0.4, 0.5) is 10.2 Å². The number of nitriles is 1. The highest BCUT2D eigenvalue weighted by molar-refractivity contribution is 6.09. The summed E-state index contributed by atoms with van der Waals surface area (Å²) in [5.74, 6) is 0.543. The van der Waals surface area contributed by atoms with Crippen LogP contribution in [0.2, 0.25) is 0 Å². The predicted octanol–water partition coefficient (Wildman–Crippen LogP) is 4.98. The monoisotopic (exact) mass is 447 g/mol. The SMILES string of the molecule is C=CCc1cc(C=C(C#N)C(=O)Nc2cc(C)on2)cc(OC)c1OCc1ccccc1F. The zero-order valence-electron chi connectivity index (χ0n) is 18.2. The molecule has 33 heavy (non-hydrogen) atoms. The number of aryl methyl sites for hydroxylation is 1. The molecule has 0 aliphatic heterocycles. The number of methoxy groups -OCH3 is 1. The molecule has 1 heterocycles. The molecule has 8 heteroatoms. The Labute approximate surface area is 190 Å². The summed E-state index contributed by atoms with van der Waals surface area (Å²) in [6, 6.07) is 13.2. The van der Waals surface area contributed by atoms with Crippen molar-refractivity contribution in [2.24, 2.45) is 0 Å². The van der Waals surface area contributed by atoms with E-state index in [-0.39, 0.29) is 23.8 Å². The van der Waals surface area contributed by atoms with E-state index in [4.69, 9.17) is 14.0 Å². The van der Waals surface area contributed by atoms with Crippen molar-refractivity contribution in [3.63, 3.8) is 0 Å². The molecule has 1 amide bonds. The third kappa shape index (κ3) is 5.86. The molecule has 0 saturated carbocycles. The fourth-order valence-corrected chi connectivity index (χ4v) is 3.08. The van der Waals surface area contributed by atoms with E-state index in [0.717, 1.165) is 0 Å². The largest absolute Gasteiger partial charge is 0.493 e. The smallest absolute Gasteiger partial charge is 0.267 e. The number of aromatic nitrogens is 1. The van der Waals surface area contributed by atoms with Gasteiger partial charge in [0.1, 0.15) is 29.8 Å². The first-order chi connectivity index (χ1) is 15.9. The van der Waals surface area contributed by atoms with E-state index in [9.17, 15) is 14.4 Å². The fraction of sp³-hybridized carbons (Fsp3) is 0.160. The highest BCUT2D eigenvalue weighted by Crippen LogP contribution is 2.35. The molecule has 0 unspecified atom stereocenters.